The maximum Gasteiger partial charge on any atom is 0.407 e. The molecule has 1 aromatic carbocycles. The highest BCUT2D eigenvalue weighted by molar-refractivity contribution is 7.73. The van der Waals surface area contributed by atoms with Crippen LogP contribution < -0.4 is 15.4 Å². The lowest BCUT2D eigenvalue weighted by atomic mass is 10.0. The first-order chi connectivity index (χ1) is 14.7. The van der Waals surface area contributed by atoms with Crippen molar-refractivity contribution in [2.24, 2.45) is 5.92 Å². The van der Waals surface area contributed by atoms with Gasteiger partial charge >= 0.3 is 6.09 Å². The molecule has 1 unspecified atom stereocenters. The molecule has 0 saturated heterocycles. The van der Waals surface area contributed by atoms with Gasteiger partial charge in [0.2, 0.25) is 16.8 Å². The van der Waals surface area contributed by atoms with E-state index >= 15 is 0 Å². The minimum Gasteiger partial charge on any atom is -0.453 e. The molecule has 0 aliphatic carbocycles. The summed E-state index contributed by atoms with van der Waals surface area (Å²) < 4.78 is 28.6. The molecule has 3 N–H and O–H groups in total. The van der Waals surface area contributed by atoms with Crippen molar-refractivity contribution in [2.75, 3.05) is 11.8 Å². The van der Waals surface area contributed by atoms with Gasteiger partial charge in [0.25, 0.3) is 0 Å². The number of amides is 2. The molecule has 0 bridgehead atoms. The lowest BCUT2D eigenvalue weighted by molar-refractivity contribution is -0.124. The van der Waals surface area contributed by atoms with Gasteiger partial charge in [-0.3, -0.25) is 9.52 Å². The van der Waals surface area contributed by atoms with Crippen LogP contribution in [0.3, 0.4) is 0 Å². The number of thiol groups is 1. The number of hydrogen-bond donors (Lipinski definition) is 4. The zero-order valence-electron chi connectivity index (χ0n) is 17.9. The smallest absolute Gasteiger partial charge is 0.407 e. The highest BCUT2D eigenvalue weighted by atomic mass is 32.2. The standard InChI is InChI=1S/C20H28N4O5S2/c1-5-14-11-30-19(21-14)16(10-13-6-8-15(9-7-13)24-31(27)28)22-18(25)17(12(2)3)23-20(26)29-4/h6-9,11-12,16-17,31H,5,10H2,1-4H3,(H,22,25)(H,23,26)(H,24,27,28)/t16-,17?/m0/s1. The van der Waals surface area contributed by atoms with Gasteiger partial charge in [0.15, 0.2) is 0 Å². The Morgan fingerprint density at radius 2 is 1.84 bits per heavy atom. The van der Waals surface area contributed by atoms with Crippen LogP contribution >= 0.6 is 11.3 Å². The van der Waals surface area contributed by atoms with E-state index in [1.165, 1.54) is 18.4 Å². The average Bonchev–Trinajstić information content (AvgIpc) is 3.21. The van der Waals surface area contributed by atoms with Gasteiger partial charge in [0, 0.05) is 11.1 Å². The highest BCUT2D eigenvalue weighted by Gasteiger charge is 2.28. The van der Waals surface area contributed by atoms with Crippen LogP contribution in [0.2, 0.25) is 0 Å². The summed E-state index contributed by atoms with van der Waals surface area (Å²) in [6, 6.07) is 5.74. The van der Waals surface area contributed by atoms with Crippen molar-refractivity contribution in [1.82, 2.24) is 15.6 Å². The van der Waals surface area contributed by atoms with Crippen molar-refractivity contribution >= 4 is 39.9 Å². The number of nitrogens with one attached hydrogen (secondary N) is 3. The Bertz CT molecular complexity index is 949. The van der Waals surface area contributed by atoms with E-state index in [4.69, 9.17) is 0 Å². The molecular weight excluding hydrogens is 440 g/mol. The third kappa shape index (κ3) is 7.51. The van der Waals surface area contributed by atoms with E-state index in [-0.39, 0.29) is 11.8 Å². The summed E-state index contributed by atoms with van der Waals surface area (Å²) in [5.41, 5.74) is 2.29. The van der Waals surface area contributed by atoms with Crippen LogP contribution in [0.15, 0.2) is 29.6 Å². The number of carbonyl (C=O) groups excluding carboxylic acids is 2. The van der Waals surface area contributed by atoms with Crippen molar-refractivity contribution in [2.45, 2.75) is 45.7 Å². The molecule has 0 aliphatic heterocycles. The Labute approximate surface area is 187 Å². The van der Waals surface area contributed by atoms with Crippen LogP contribution in [0.1, 0.15) is 43.1 Å². The number of hydrogen-bond acceptors (Lipinski definition) is 7. The minimum absolute atomic E-state index is 0.151. The lowest BCUT2D eigenvalue weighted by Gasteiger charge is -2.24. The number of aryl methyl sites for hydroxylation is 1. The van der Waals surface area contributed by atoms with E-state index in [1.54, 1.807) is 24.3 Å². The van der Waals surface area contributed by atoms with Crippen molar-refractivity contribution < 1.29 is 22.7 Å². The fraction of sp³-hybridized carbons (Fsp3) is 0.450. The number of thiazole rings is 1. The van der Waals surface area contributed by atoms with E-state index in [1.807, 2.05) is 26.2 Å². The number of nitrogens with zero attached hydrogens (tertiary/aromatic N) is 1. The summed E-state index contributed by atoms with van der Waals surface area (Å²) in [4.78, 5) is 29.3. The van der Waals surface area contributed by atoms with E-state index in [0.29, 0.717) is 12.1 Å². The molecule has 1 heterocycles. The number of ether oxygens (including phenoxy) is 1. The SMILES string of the molecule is CCc1csc([C@H](Cc2ccc(N[SH](=O)=O)cc2)NC(=O)C(NC(=O)OC)C(C)C)n1. The third-order valence-electron chi connectivity index (χ3n) is 4.57. The number of rotatable bonds is 10. The summed E-state index contributed by atoms with van der Waals surface area (Å²) in [6.45, 7) is 5.68. The van der Waals surface area contributed by atoms with Crippen LogP contribution in [-0.4, -0.2) is 38.6 Å². The molecule has 0 saturated carbocycles. The number of methoxy groups -OCH3 is 1. The topological polar surface area (TPSA) is 126 Å². The van der Waals surface area contributed by atoms with E-state index in [2.05, 4.69) is 25.1 Å². The molecule has 0 spiro atoms. The number of alkyl carbamates (subject to hydrolysis) is 1. The molecule has 0 radical (unpaired) electrons. The average molecular weight is 469 g/mol. The Morgan fingerprint density at radius 1 is 1.16 bits per heavy atom. The van der Waals surface area contributed by atoms with Gasteiger partial charge in [-0.25, -0.2) is 18.2 Å². The van der Waals surface area contributed by atoms with Gasteiger partial charge in [-0.2, -0.15) is 0 Å². The number of anilines is 1. The summed E-state index contributed by atoms with van der Waals surface area (Å²) in [7, 11) is -1.49. The van der Waals surface area contributed by atoms with Crippen LogP contribution in [0.4, 0.5) is 10.5 Å². The fourth-order valence-electron chi connectivity index (χ4n) is 2.88. The summed E-state index contributed by atoms with van der Waals surface area (Å²) in [5, 5.41) is 8.29. The van der Waals surface area contributed by atoms with Crippen LogP contribution in [-0.2, 0) is 33.3 Å². The molecule has 11 heteroatoms. The molecule has 0 aliphatic rings. The Hall–Kier alpha value is -2.66. The van der Waals surface area contributed by atoms with Gasteiger partial charge < -0.3 is 15.4 Å². The van der Waals surface area contributed by atoms with Crippen molar-refractivity contribution in [3.05, 3.63) is 45.9 Å². The third-order valence-corrected chi connectivity index (χ3v) is 6.02. The van der Waals surface area contributed by atoms with Gasteiger partial charge in [-0.15, -0.1) is 11.3 Å². The fourth-order valence-corrected chi connectivity index (χ4v) is 4.20. The number of benzene rings is 1. The van der Waals surface area contributed by atoms with Crippen molar-refractivity contribution in [1.29, 1.82) is 0 Å². The van der Waals surface area contributed by atoms with Crippen LogP contribution in [0, 0.1) is 5.92 Å². The molecule has 2 rings (SSSR count). The van der Waals surface area contributed by atoms with E-state index < -0.39 is 29.1 Å². The molecule has 0 fully saturated rings. The van der Waals surface area contributed by atoms with Gasteiger partial charge in [0.1, 0.15) is 11.0 Å². The zero-order valence-corrected chi connectivity index (χ0v) is 19.6. The minimum atomic E-state index is -2.73. The molecule has 2 aromatic rings. The predicted molar refractivity (Wildman–Crippen MR) is 121 cm³/mol. The molecule has 2 amide bonds. The summed E-state index contributed by atoms with van der Waals surface area (Å²) in [5.74, 6) is -0.484. The monoisotopic (exact) mass is 468 g/mol. The van der Waals surface area contributed by atoms with Crippen molar-refractivity contribution in [3.8, 4) is 0 Å². The largest absolute Gasteiger partial charge is 0.453 e. The van der Waals surface area contributed by atoms with Gasteiger partial charge in [-0.05, 0) is 36.5 Å². The second kappa shape index (κ2) is 11.7. The molecular formula is C20H28N4O5S2. The second-order valence-corrected chi connectivity index (χ2v) is 8.85. The Kier molecular flexibility index (Phi) is 9.25. The summed E-state index contributed by atoms with van der Waals surface area (Å²) >= 11 is 1.46. The first kappa shape index (κ1) is 24.6. The van der Waals surface area contributed by atoms with Gasteiger partial charge in [-0.1, -0.05) is 32.9 Å². The van der Waals surface area contributed by atoms with Crippen LogP contribution in [0.25, 0.3) is 0 Å². The Morgan fingerprint density at radius 3 is 2.35 bits per heavy atom. The second-order valence-electron chi connectivity index (χ2n) is 7.22. The van der Waals surface area contributed by atoms with Gasteiger partial charge in [0.05, 0.1) is 18.8 Å². The lowest BCUT2D eigenvalue weighted by Crippen LogP contribution is -2.50. The van der Waals surface area contributed by atoms with E-state index in [0.717, 1.165) is 22.7 Å². The molecule has 9 nitrogen and oxygen atoms in total. The highest BCUT2D eigenvalue weighted by Crippen LogP contribution is 2.24. The first-order valence-electron chi connectivity index (χ1n) is 9.82. The first-order valence-corrected chi connectivity index (χ1v) is 11.9. The predicted octanol–water partition coefficient (Wildman–Crippen LogP) is 2.42. The molecule has 1 aromatic heterocycles. The maximum atomic E-state index is 13.0. The number of carbonyl (C=O) groups is 2. The molecule has 2 atom stereocenters. The quantitative estimate of drug-likeness (QED) is 0.397. The van der Waals surface area contributed by atoms with Crippen LogP contribution in [0.5, 0.6) is 0 Å². The molecule has 170 valence electrons. The van der Waals surface area contributed by atoms with Crippen molar-refractivity contribution in [3.63, 3.8) is 0 Å². The maximum absolute atomic E-state index is 13.0. The normalized spacial score (nSPS) is 13.0. The number of aromatic nitrogens is 1. The summed E-state index contributed by atoms with van der Waals surface area (Å²) in [6.07, 6.45) is 0.561. The molecule has 31 heavy (non-hydrogen) atoms. The zero-order chi connectivity index (χ0) is 23.0. The Balaban J connectivity index is 2.24. The van der Waals surface area contributed by atoms with E-state index in [9.17, 15) is 18.0 Å².